The van der Waals surface area contributed by atoms with Crippen molar-refractivity contribution < 1.29 is 18.0 Å². The van der Waals surface area contributed by atoms with Crippen LogP contribution in [0.15, 0.2) is 18.5 Å². The molecule has 2 N–H and O–H groups in total. The van der Waals surface area contributed by atoms with E-state index in [1.54, 1.807) is 0 Å². The monoisotopic (exact) mass is 217 g/mol. The van der Waals surface area contributed by atoms with Crippen molar-refractivity contribution in [1.29, 1.82) is 0 Å². The predicted molar refractivity (Wildman–Crippen MR) is 45.3 cm³/mol. The molecule has 15 heavy (non-hydrogen) atoms. The van der Waals surface area contributed by atoms with Gasteiger partial charge in [-0.25, -0.2) is 9.97 Å². The normalized spacial score (nSPS) is 11.9. The van der Waals surface area contributed by atoms with E-state index in [0.29, 0.717) is 0 Å². The zero-order valence-corrected chi connectivity index (χ0v) is 7.32. The zero-order valence-electron chi connectivity index (χ0n) is 7.32. The van der Waals surface area contributed by atoms with E-state index in [-0.39, 0.29) is 5.56 Å². The fraction of sp³-hybridized carbons (Fsp3) is 0.125. The molecule has 1 aromatic rings. The van der Waals surface area contributed by atoms with Crippen molar-refractivity contribution in [2.45, 2.75) is 6.18 Å². The van der Waals surface area contributed by atoms with Crippen molar-refractivity contribution in [3.05, 3.63) is 29.9 Å². The van der Waals surface area contributed by atoms with Crippen molar-refractivity contribution in [2.24, 2.45) is 5.73 Å². The molecule has 0 aliphatic carbocycles. The maximum Gasteiger partial charge on any atom is 0.451 e. The molecule has 7 heteroatoms. The molecule has 1 heterocycles. The number of alkyl halides is 3. The van der Waals surface area contributed by atoms with E-state index in [1.807, 2.05) is 0 Å². The number of halogens is 3. The number of hydrogen-bond donors (Lipinski definition) is 1. The van der Waals surface area contributed by atoms with Crippen LogP contribution in [-0.2, 0) is 11.0 Å². The first-order valence-electron chi connectivity index (χ1n) is 3.76. The molecule has 0 unspecified atom stereocenters. The summed E-state index contributed by atoms with van der Waals surface area (Å²) in [4.78, 5) is 16.5. The van der Waals surface area contributed by atoms with Gasteiger partial charge in [0.2, 0.25) is 11.7 Å². The van der Waals surface area contributed by atoms with Gasteiger partial charge in [-0.15, -0.1) is 0 Å². The zero-order chi connectivity index (χ0) is 11.5. The highest BCUT2D eigenvalue weighted by molar-refractivity contribution is 5.90. The molecular formula is C8H6F3N3O. The second kappa shape index (κ2) is 4.07. The van der Waals surface area contributed by atoms with Crippen molar-refractivity contribution in [3.63, 3.8) is 0 Å². The molecule has 0 bridgehead atoms. The summed E-state index contributed by atoms with van der Waals surface area (Å²) in [6, 6.07) is 0. The molecule has 1 amide bonds. The van der Waals surface area contributed by atoms with Crippen LogP contribution in [0.1, 0.15) is 11.4 Å². The number of hydrogen-bond acceptors (Lipinski definition) is 3. The fourth-order valence-corrected chi connectivity index (χ4v) is 0.749. The van der Waals surface area contributed by atoms with Crippen molar-refractivity contribution in [3.8, 4) is 0 Å². The van der Waals surface area contributed by atoms with Crippen molar-refractivity contribution in [1.82, 2.24) is 9.97 Å². The average molecular weight is 217 g/mol. The first kappa shape index (κ1) is 11.2. The minimum absolute atomic E-state index is 0.266. The number of nitrogens with zero attached hydrogens (tertiary/aromatic N) is 2. The van der Waals surface area contributed by atoms with Gasteiger partial charge in [-0.05, 0) is 6.08 Å². The number of carbonyl (C=O) groups is 1. The number of primary amides is 1. The molecule has 0 aliphatic rings. The van der Waals surface area contributed by atoms with Gasteiger partial charge in [0.1, 0.15) is 0 Å². The second-order valence-corrected chi connectivity index (χ2v) is 2.57. The van der Waals surface area contributed by atoms with Crippen LogP contribution in [0.4, 0.5) is 13.2 Å². The van der Waals surface area contributed by atoms with Crippen LogP contribution in [0.5, 0.6) is 0 Å². The summed E-state index contributed by atoms with van der Waals surface area (Å²) in [6.45, 7) is 0. The molecule has 1 aromatic heterocycles. The van der Waals surface area contributed by atoms with Crippen LogP contribution in [-0.4, -0.2) is 15.9 Å². The quantitative estimate of drug-likeness (QED) is 0.751. The lowest BCUT2D eigenvalue weighted by Gasteiger charge is -2.03. The van der Waals surface area contributed by atoms with Gasteiger partial charge in [-0.3, -0.25) is 4.79 Å². The third-order valence-corrected chi connectivity index (χ3v) is 1.37. The Hall–Kier alpha value is -1.92. The molecular weight excluding hydrogens is 211 g/mol. The third kappa shape index (κ3) is 3.37. The second-order valence-electron chi connectivity index (χ2n) is 2.57. The Bertz CT molecular complexity index is 383. The van der Waals surface area contributed by atoms with Gasteiger partial charge >= 0.3 is 6.18 Å². The lowest BCUT2D eigenvalue weighted by molar-refractivity contribution is -0.145. The molecule has 0 aromatic carbocycles. The van der Waals surface area contributed by atoms with Gasteiger partial charge < -0.3 is 5.73 Å². The van der Waals surface area contributed by atoms with Crippen molar-refractivity contribution >= 4 is 12.0 Å². The average Bonchev–Trinajstić information content (AvgIpc) is 2.14. The van der Waals surface area contributed by atoms with Crippen LogP contribution >= 0.6 is 0 Å². The minimum atomic E-state index is -4.56. The first-order valence-corrected chi connectivity index (χ1v) is 3.76. The number of nitrogens with two attached hydrogens (primary N) is 1. The Kier molecular flexibility index (Phi) is 3.03. The Labute approximate surface area is 82.6 Å². The summed E-state index contributed by atoms with van der Waals surface area (Å²) < 4.78 is 36.0. The lowest BCUT2D eigenvalue weighted by atomic mass is 10.3. The van der Waals surface area contributed by atoms with E-state index >= 15 is 0 Å². The smallest absolute Gasteiger partial charge is 0.366 e. The van der Waals surface area contributed by atoms with Crippen LogP contribution < -0.4 is 5.73 Å². The van der Waals surface area contributed by atoms with Gasteiger partial charge in [0.25, 0.3) is 0 Å². The van der Waals surface area contributed by atoms with E-state index < -0.39 is 17.9 Å². The van der Waals surface area contributed by atoms with E-state index in [9.17, 15) is 18.0 Å². The maximum atomic E-state index is 12.0. The molecule has 0 spiro atoms. The Morgan fingerprint density at radius 2 is 1.87 bits per heavy atom. The Morgan fingerprint density at radius 3 is 2.27 bits per heavy atom. The van der Waals surface area contributed by atoms with E-state index in [1.165, 1.54) is 6.08 Å². The molecule has 4 nitrogen and oxygen atoms in total. The summed E-state index contributed by atoms with van der Waals surface area (Å²) in [5, 5.41) is 0. The SMILES string of the molecule is NC(=O)C=Cc1cnc(C(F)(F)F)nc1. The van der Waals surface area contributed by atoms with E-state index in [4.69, 9.17) is 5.73 Å². The van der Waals surface area contributed by atoms with Gasteiger partial charge in [0.15, 0.2) is 0 Å². The number of aromatic nitrogens is 2. The highest BCUT2D eigenvalue weighted by atomic mass is 19.4. The highest BCUT2D eigenvalue weighted by Crippen LogP contribution is 2.25. The molecule has 0 aliphatic heterocycles. The topological polar surface area (TPSA) is 68.9 Å². The first-order chi connectivity index (χ1) is 6.89. The minimum Gasteiger partial charge on any atom is -0.366 e. The predicted octanol–water partition coefficient (Wildman–Crippen LogP) is 0.994. The number of carbonyl (C=O) groups excluding carboxylic acids is 1. The summed E-state index contributed by atoms with van der Waals surface area (Å²) >= 11 is 0. The third-order valence-electron chi connectivity index (χ3n) is 1.37. The Morgan fingerprint density at radius 1 is 1.33 bits per heavy atom. The molecule has 0 radical (unpaired) electrons. The summed E-state index contributed by atoms with van der Waals surface area (Å²) in [7, 11) is 0. The van der Waals surface area contributed by atoms with E-state index in [0.717, 1.165) is 18.5 Å². The fourth-order valence-electron chi connectivity index (χ4n) is 0.749. The molecule has 1 rings (SSSR count). The van der Waals surface area contributed by atoms with Gasteiger partial charge in [0.05, 0.1) is 0 Å². The largest absolute Gasteiger partial charge is 0.451 e. The summed E-state index contributed by atoms with van der Waals surface area (Å²) in [5.74, 6) is -1.92. The highest BCUT2D eigenvalue weighted by Gasteiger charge is 2.34. The van der Waals surface area contributed by atoms with E-state index in [2.05, 4.69) is 9.97 Å². The summed E-state index contributed by atoms with van der Waals surface area (Å²) in [5.41, 5.74) is 5.06. The molecule has 80 valence electrons. The maximum absolute atomic E-state index is 12.0. The molecule has 0 saturated heterocycles. The van der Waals surface area contributed by atoms with Crippen LogP contribution in [0.3, 0.4) is 0 Å². The Balaban J connectivity index is 2.86. The summed E-state index contributed by atoms with van der Waals surface area (Å²) in [6.07, 6.45) is -0.426. The van der Waals surface area contributed by atoms with Gasteiger partial charge in [-0.1, -0.05) is 0 Å². The van der Waals surface area contributed by atoms with Crippen LogP contribution in [0.25, 0.3) is 6.08 Å². The van der Waals surface area contributed by atoms with Crippen molar-refractivity contribution in [2.75, 3.05) is 0 Å². The molecule has 0 fully saturated rings. The molecule has 0 atom stereocenters. The van der Waals surface area contributed by atoms with Gasteiger partial charge in [0, 0.05) is 24.0 Å². The lowest BCUT2D eigenvalue weighted by Crippen LogP contribution is -2.10. The standard InChI is InChI=1S/C8H6F3N3O/c9-8(10,11)7-13-3-5(4-14-7)1-2-6(12)15/h1-4H,(H2,12,15). The molecule has 0 saturated carbocycles. The number of rotatable bonds is 2. The number of amides is 1. The van der Waals surface area contributed by atoms with Crippen LogP contribution in [0, 0.1) is 0 Å². The van der Waals surface area contributed by atoms with Crippen LogP contribution in [0.2, 0.25) is 0 Å². The van der Waals surface area contributed by atoms with Gasteiger partial charge in [-0.2, -0.15) is 13.2 Å².